The fourth-order valence-corrected chi connectivity index (χ4v) is 8.37. The monoisotopic (exact) mass is 660 g/mol. The SMILES string of the molecule is Nc1nc2c(nnn2C2O[C@H](CO)C[C@H]2P(O)(=S)OC[C@H]2O[C@@H](n3ccc4c(N)ncnc43)C[C@@H]2O[PH](O)=S)c(=O)[nH]1. The third kappa shape index (κ3) is 5.48. The second-order valence-electron chi connectivity index (χ2n) is 9.66. The summed E-state index contributed by atoms with van der Waals surface area (Å²) in [5.41, 5.74) is 10.7. The van der Waals surface area contributed by atoms with Crippen LogP contribution in [0.2, 0.25) is 0 Å². The van der Waals surface area contributed by atoms with Crippen LogP contribution in [-0.4, -0.2) is 91.6 Å². The topological polar surface area (TPSA) is 257 Å². The molecule has 6 heterocycles. The minimum absolute atomic E-state index is 0.0155. The van der Waals surface area contributed by atoms with Gasteiger partial charge in [0.25, 0.3) is 5.56 Å². The van der Waals surface area contributed by atoms with E-state index in [9.17, 15) is 19.7 Å². The Kier molecular flexibility index (Phi) is 8.14. The minimum Gasteiger partial charge on any atom is -0.394 e. The predicted molar refractivity (Wildman–Crippen MR) is 155 cm³/mol. The van der Waals surface area contributed by atoms with Crippen LogP contribution in [0.1, 0.15) is 25.3 Å². The van der Waals surface area contributed by atoms with Crippen molar-refractivity contribution < 1.29 is 33.4 Å². The predicted octanol–water partition coefficient (Wildman–Crippen LogP) is -0.738. The summed E-state index contributed by atoms with van der Waals surface area (Å²) >= 11 is 10.5. The van der Waals surface area contributed by atoms with Crippen molar-refractivity contribution in [2.45, 2.75) is 49.3 Å². The van der Waals surface area contributed by atoms with Gasteiger partial charge in [0.2, 0.25) is 5.95 Å². The first-order valence-electron chi connectivity index (χ1n) is 12.5. The lowest BCUT2D eigenvalue weighted by Crippen LogP contribution is -2.29. The molecule has 0 amide bonds. The maximum Gasteiger partial charge on any atom is 0.282 e. The molecule has 6 rings (SSSR count). The summed E-state index contributed by atoms with van der Waals surface area (Å²) in [7, 11) is -2.53. The van der Waals surface area contributed by atoms with Crippen molar-refractivity contribution in [3.05, 3.63) is 28.9 Å². The molecule has 22 heteroatoms. The van der Waals surface area contributed by atoms with Crippen LogP contribution in [0.3, 0.4) is 0 Å². The molecule has 8 atom stereocenters. The maximum atomic E-state index is 12.3. The third-order valence-electron chi connectivity index (χ3n) is 7.09. The lowest BCUT2D eigenvalue weighted by molar-refractivity contribution is -0.0361. The molecule has 42 heavy (non-hydrogen) atoms. The number of hydrogen-bond donors (Lipinski definition) is 6. The summed E-state index contributed by atoms with van der Waals surface area (Å²) in [6.07, 6.45) is -0.329. The second kappa shape index (κ2) is 11.5. The fraction of sp³-hybridized carbons (Fsp3) is 0.500. The number of H-pyrrole nitrogens is 1. The van der Waals surface area contributed by atoms with Crippen LogP contribution in [0.25, 0.3) is 22.2 Å². The first-order chi connectivity index (χ1) is 20.1. The van der Waals surface area contributed by atoms with Crippen molar-refractivity contribution in [3.8, 4) is 0 Å². The van der Waals surface area contributed by atoms with Crippen molar-refractivity contribution in [1.82, 2.24) is 39.5 Å². The highest BCUT2D eigenvalue weighted by Gasteiger charge is 2.47. The number of nitrogens with one attached hydrogen (secondary N) is 1. The third-order valence-corrected chi connectivity index (χ3v) is 10.8. The van der Waals surface area contributed by atoms with Gasteiger partial charge in [0.05, 0.1) is 36.5 Å². The second-order valence-corrected chi connectivity index (χ2v) is 15.1. The van der Waals surface area contributed by atoms with Crippen molar-refractivity contribution in [2.24, 2.45) is 0 Å². The van der Waals surface area contributed by atoms with E-state index in [0.717, 1.165) is 0 Å². The van der Waals surface area contributed by atoms with Gasteiger partial charge < -0.3 is 49.4 Å². The number of aromatic nitrogens is 8. The van der Waals surface area contributed by atoms with Crippen LogP contribution < -0.4 is 17.0 Å². The first-order valence-corrected chi connectivity index (χ1v) is 17.7. The molecule has 8 N–H and O–H groups in total. The normalized spacial score (nSPS) is 28.5. The number of rotatable bonds is 9. The number of nitrogens with zero attached hydrogens (tertiary/aromatic N) is 7. The van der Waals surface area contributed by atoms with Gasteiger partial charge in [-0.05, 0) is 36.1 Å². The molecule has 0 spiro atoms. The molecule has 0 bridgehead atoms. The van der Waals surface area contributed by atoms with Crippen LogP contribution >= 0.6 is 13.6 Å². The summed E-state index contributed by atoms with van der Waals surface area (Å²) in [5, 5.41) is 18.3. The van der Waals surface area contributed by atoms with Crippen molar-refractivity contribution >= 4 is 71.2 Å². The van der Waals surface area contributed by atoms with Gasteiger partial charge in [0.15, 0.2) is 31.0 Å². The molecule has 2 saturated heterocycles. The molecule has 2 aliphatic heterocycles. The van der Waals surface area contributed by atoms with Crippen molar-refractivity contribution in [3.63, 3.8) is 0 Å². The van der Waals surface area contributed by atoms with E-state index in [2.05, 4.69) is 30.2 Å². The average molecular weight is 661 g/mol. The van der Waals surface area contributed by atoms with E-state index in [4.69, 9.17) is 53.6 Å². The van der Waals surface area contributed by atoms with E-state index in [1.807, 2.05) is 0 Å². The smallest absolute Gasteiger partial charge is 0.282 e. The molecule has 0 aromatic carbocycles. The molecule has 0 aliphatic carbocycles. The highest BCUT2D eigenvalue weighted by Crippen LogP contribution is 2.57. The zero-order valence-electron chi connectivity index (χ0n) is 21.5. The van der Waals surface area contributed by atoms with Gasteiger partial charge in [-0.25, -0.2) is 9.97 Å². The van der Waals surface area contributed by atoms with Crippen molar-refractivity contribution in [1.29, 1.82) is 0 Å². The number of fused-ring (bicyclic) bond motifs is 2. The molecular weight excluding hydrogens is 634 g/mol. The molecular formula is C20H26N10O8P2S2. The molecule has 4 aromatic rings. The van der Waals surface area contributed by atoms with Crippen LogP contribution in [0, 0.1) is 0 Å². The summed E-state index contributed by atoms with van der Waals surface area (Å²) in [6, 6.07) is 1.76. The number of aliphatic hydroxyl groups is 1. The standard InChI is InChI=1S/C20H26N10O8P2S2/c21-15-9-1-2-29(16(9)24-7-23-15)13-4-10(38-39(33)41)11(37-13)6-35-40(34,42)12-3-8(5-31)36-19(12)30-17-14(27-28-30)18(32)26-20(22)25-17/h1-2,7-8,10-13,19,31,39H,3-6H2,(H,33,41)(H,34,42)(H2,21,23,24)(H3,22,25,26,32)/t8-,10-,11+,12+,13+,19?,40?/m0/s1. The fourth-order valence-electron chi connectivity index (χ4n) is 5.16. The molecule has 0 saturated carbocycles. The molecule has 2 fully saturated rings. The number of aliphatic hydroxyl groups excluding tert-OH is 1. The highest BCUT2D eigenvalue weighted by atomic mass is 32.5. The van der Waals surface area contributed by atoms with Crippen LogP contribution in [-0.2, 0) is 42.1 Å². The van der Waals surface area contributed by atoms with E-state index in [1.165, 1.54) is 11.0 Å². The lowest BCUT2D eigenvalue weighted by Gasteiger charge is -2.28. The van der Waals surface area contributed by atoms with Crippen LogP contribution in [0.4, 0.5) is 11.8 Å². The largest absolute Gasteiger partial charge is 0.394 e. The summed E-state index contributed by atoms with van der Waals surface area (Å²) in [5.74, 6) is 0.146. The van der Waals surface area contributed by atoms with Crippen LogP contribution in [0.5, 0.6) is 0 Å². The van der Waals surface area contributed by atoms with E-state index in [0.29, 0.717) is 16.9 Å². The number of nitrogen functional groups attached to an aromatic ring is 2. The van der Waals surface area contributed by atoms with Gasteiger partial charge in [-0.3, -0.25) is 9.78 Å². The van der Waals surface area contributed by atoms with E-state index in [1.54, 1.807) is 16.8 Å². The lowest BCUT2D eigenvalue weighted by atomic mass is 10.2. The Balaban J connectivity index is 1.24. The van der Waals surface area contributed by atoms with Gasteiger partial charge in [-0.15, -0.1) is 5.10 Å². The van der Waals surface area contributed by atoms with Crippen LogP contribution in [0.15, 0.2) is 23.4 Å². The number of ether oxygens (including phenoxy) is 2. The van der Waals surface area contributed by atoms with E-state index >= 15 is 0 Å². The summed E-state index contributed by atoms with van der Waals surface area (Å²) in [4.78, 5) is 48.4. The average Bonchev–Trinajstić information content (AvgIpc) is 3.71. The van der Waals surface area contributed by atoms with Gasteiger partial charge >= 0.3 is 0 Å². The van der Waals surface area contributed by atoms with E-state index in [-0.39, 0.29) is 43.2 Å². The quantitative estimate of drug-likeness (QED) is 0.121. The number of anilines is 2. The number of aromatic amines is 1. The Morgan fingerprint density at radius 2 is 2.07 bits per heavy atom. The molecule has 2 aliphatic rings. The highest BCUT2D eigenvalue weighted by molar-refractivity contribution is 8.09. The maximum absolute atomic E-state index is 12.3. The Labute approximate surface area is 246 Å². The number of nitrogens with two attached hydrogens (primary N) is 2. The Hall–Kier alpha value is -2.48. The first kappa shape index (κ1) is 29.6. The summed E-state index contributed by atoms with van der Waals surface area (Å²) < 4.78 is 26.7. The van der Waals surface area contributed by atoms with Gasteiger partial charge in [-0.2, -0.15) is 9.67 Å². The van der Waals surface area contributed by atoms with Gasteiger partial charge in [-0.1, -0.05) is 5.21 Å². The Morgan fingerprint density at radius 1 is 1.26 bits per heavy atom. The molecule has 4 aromatic heterocycles. The molecule has 18 nitrogen and oxygen atoms in total. The Bertz CT molecular complexity index is 1770. The van der Waals surface area contributed by atoms with Gasteiger partial charge in [0.1, 0.15) is 30.1 Å². The Morgan fingerprint density at radius 3 is 2.83 bits per heavy atom. The zero-order valence-corrected chi connectivity index (χ0v) is 25.0. The van der Waals surface area contributed by atoms with E-state index < -0.39 is 55.6 Å². The summed E-state index contributed by atoms with van der Waals surface area (Å²) in [6.45, 7) is -4.31. The minimum atomic E-state index is -3.72. The van der Waals surface area contributed by atoms with Crippen molar-refractivity contribution in [2.75, 3.05) is 24.7 Å². The zero-order chi connectivity index (χ0) is 29.8. The number of hydrogen-bond acceptors (Lipinski definition) is 15. The molecule has 0 radical (unpaired) electrons. The molecule has 3 unspecified atom stereocenters. The molecule has 226 valence electrons. The van der Waals surface area contributed by atoms with Gasteiger partial charge in [0, 0.05) is 12.6 Å².